The number of hydrogen-bond donors (Lipinski definition) is 0. The van der Waals surface area contributed by atoms with E-state index in [1.165, 1.54) is 45.4 Å². The maximum Gasteiger partial charge on any atom is 0.0654 e. The fourth-order valence-corrected chi connectivity index (χ4v) is 6.16. The molecule has 0 aliphatic carbocycles. The molecular weight excluding hydrogens is 248 g/mol. The monoisotopic (exact) mass is 278 g/mol. The van der Waals surface area contributed by atoms with Crippen molar-refractivity contribution in [2.24, 2.45) is 16.7 Å². The van der Waals surface area contributed by atoms with E-state index in [0.29, 0.717) is 17.0 Å². The SMILES string of the molecule is CC12CN3CC(C)(CN(C1)C3C1CCOC(C)(C)C1)C2. The van der Waals surface area contributed by atoms with E-state index in [0.717, 1.165) is 12.5 Å². The van der Waals surface area contributed by atoms with Crippen molar-refractivity contribution in [3.05, 3.63) is 0 Å². The normalized spacial score (nSPS) is 57.0. The molecule has 3 nitrogen and oxygen atoms in total. The molecule has 0 N–H and O–H groups in total. The summed E-state index contributed by atoms with van der Waals surface area (Å²) in [7, 11) is 0. The van der Waals surface area contributed by atoms with Crippen molar-refractivity contribution in [3.8, 4) is 0 Å². The highest BCUT2D eigenvalue weighted by Crippen LogP contribution is 2.52. The molecule has 114 valence electrons. The molecule has 5 aliphatic heterocycles. The van der Waals surface area contributed by atoms with Crippen LogP contribution in [0, 0.1) is 16.7 Å². The van der Waals surface area contributed by atoms with Crippen LogP contribution in [0.2, 0.25) is 0 Å². The van der Waals surface area contributed by atoms with Crippen LogP contribution < -0.4 is 0 Å². The predicted octanol–water partition coefficient (Wildman–Crippen LogP) is 2.57. The average Bonchev–Trinajstić information content (AvgIpc) is 2.22. The molecule has 5 rings (SSSR count). The number of rotatable bonds is 1. The Morgan fingerprint density at radius 2 is 1.45 bits per heavy atom. The van der Waals surface area contributed by atoms with Crippen LogP contribution in [0.1, 0.15) is 47.0 Å². The molecule has 5 aliphatic rings. The van der Waals surface area contributed by atoms with Crippen LogP contribution in [0.25, 0.3) is 0 Å². The molecule has 0 spiro atoms. The zero-order valence-electron chi connectivity index (χ0n) is 13.6. The first kappa shape index (κ1) is 13.5. The van der Waals surface area contributed by atoms with Crippen molar-refractivity contribution in [1.82, 2.24) is 9.80 Å². The van der Waals surface area contributed by atoms with Crippen molar-refractivity contribution < 1.29 is 4.74 Å². The fraction of sp³-hybridized carbons (Fsp3) is 1.00. The number of piperidine rings is 2. The summed E-state index contributed by atoms with van der Waals surface area (Å²) in [5.41, 5.74) is 1.17. The maximum atomic E-state index is 5.94. The van der Waals surface area contributed by atoms with Gasteiger partial charge in [-0.25, -0.2) is 0 Å². The molecule has 0 aromatic rings. The van der Waals surface area contributed by atoms with Gasteiger partial charge in [-0.2, -0.15) is 0 Å². The second-order valence-corrected chi connectivity index (χ2v) is 9.38. The van der Waals surface area contributed by atoms with Gasteiger partial charge in [-0.1, -0.05) is 13.8 Å². The number of ether oxygens (including phenoxy) is 1. The van der Waals surface area contributed by atoms with Gasteiger partial charge in [-0.05, 0) is 49.9 Å². The third-order valence-corrected chi connectivity index (χ3v) is 6.10. The summed E-state index contributed by atoms with van der Waals surface area (Å²) in [5, 5.41) is 0. The van der Waals surface area contributed by atoms with E-state index >= 15 is 0 Å². The van der Waals surface area contributed by atoms with Gasteiger partial charge < -0.3 is 4.74 Å². The minimum absolute atomic E-state index is 0.0770. The fourth-order valence-electron chi connectivity index (χ4n) is 6.16. The Morgan fingerprint density at radius 1 is 0.900 bits per heavy atom. The highest BCUT2D eigenvalue weighted by molar-refractivity contribution is 5.09. The van der Waals surface area contributed by atoms with E-state index in [1.54, 1.807) is 0 Å². The van der Waals surface area contributed by atoms with E-state index in [9.17, 15) is 0 Å². The Morgan fingerprint density at radius 3 is 1.95 bits per heavy atom. The van der Waals surface area contributed by atoms with E-state index in [-0.39, 0.29) is 5.60 Å². The van der Waals surface area contributed by atoms with Crippen molar-refractivity contribution in [2.45, 2.75) is 58.7 Å². The molecule has 1 atom stereocenters. The first-order valence-corrected chi connectivity index (χ1v) is 8.40. The highest BCUT2D eigenvalue weighted by atomic mass is 16.5. The summed E-state index contributed by atoms with van der Waals surface area (Å²) in [6.07, 6.45) is 4.59. The van der Waals surface area contributed by atoms with Crippen molar-refractivity contribution in [1.29, 1.82) is 0 Å². The van der Waals surface area contributed by atoms with Gasteiger partial charge in [0.25, 0.3) is 0 Å². The van der Waals surface area contributed by atoms with Crippen LogP contribution in [0.3, 0.4) is 0 Å². The van der Waals surface area contributed by atoms with Gasteiger partial charge in [0.1, 0.15) is 0 Å². The molecule has 0 amide bonds. The van der Waals surface area contributed by atoms with Gasteiger partial charge in [0.15, 0.2) is 0 Å². The Hall–Kier alpha value is -0.120. The van der Waals surface area contributed by atoms with E-state index in [2.05, 4.69) is 37.5 Å². The lowest BCUT2D eigenvalue weighted by molar-refractivity contribution is -0.220. The summed E-state index contributed by atoms with van der Waals surface area (Å²) >= 11 is 0. The van der Waals surface area contributed by atoms with Crippen molar-refractivity contribution >= 4 is 0 Å². The van der Waals surface area contributed by atoms with Crippen LogP contribution in [0.5, 0.6) is 0 Å². The molecule has 0 aromatic heterocycles. The largest absolute Gasteiger partial charge is 0.376 e. The first-order chi connectivity index (χ1) is 9.28. The van der Waals surface area contributed by atoms with Crippen LogP contribution in [0.15, 0.2) is 0 Å². The quantitative estimate of drug-likeness (QED) is 0.733. The van der Waals surface area contributed by atoms with Gasteiger partial charge in [-0.3, -0.25) is 9.80 Å². The summed E-state index contributed by atoms with van der Waals surface area (Å²) in [4.78, 5) is 5.64. The predicted molar refractivity (Wildman–Crippen MR) is 80.5 cm³/mol. The molecule has 5 saturated heterocycles. The van der Waals surface area contributed by atoms with Crippen LogP contribution >= 0.6 is 0 Å². The minimum atomic E-state index is 0.0770. The van der Waals surface area contributed by atoms with Crippen molar-refractivity contribution in [2.75, 3.05) is 32.8 Å². The zero-order valence-corrected chi connectivity index (χ0v) is 13.6. The van der Waals surface area contributed by atoms with Gasteiger partial charge in [-0.15, -0.1) is 0 Å². The Labute approximate surface area is 123 Å². The number of nitrogens with zero attached hydrogens (tertiary/aromatic N) is 2. The van der Waals surface area contributed by atoms with Gasteiger partial charge in [0.05, 0.1) is 11.8 Å². The average molecular weight is 278 g/mol. The lowest BCUT2D eigenvalue weighted by atomic mass is 9.62. The minimum Gasteiger partial charge on any atom is -0.376 e. The standard InChI is InChI=1S/C17H30N2O/c1-15(2)7-13(5-6-20-15)14-18-9-16(3)8-17(4,11-18)12-19(14)10-16/h13-14H,5-12H2,1-4H3. The Bertz CT molecular complexity index is 377. The Kier molecular flexibility index (Phi) is 2.70. The summed E-state index contributed by atoms with van der Waals surface area (Å²) in [6.45, 7) is 15.8. The van der Waals surface area contributed by atoms with E-state index < -0.39 is 0 Å². The summed E-state index contributed by atoms with van der Waals surface area (Å²) < 4.78 is 5.94. The molecule has 5 heterocycles. The molecule has 4 bridgehead atoms. The van der Waals surface area contributed by atoms with Crippen molar-refractivity contribution in [3.63, 3.8) is 0 Å². The van der Waals surface area contributed by atoms with Crippen LogP contribution in [-0.2, 0) is 4.74 Å². The molecule has 3 heteroatoms. The number of hydrogen-bond acceptors (Lipinski definition) is 3. The summed E-state index contributed by atoms with van der Waals surface area (Å²) in [5.74, 6) is 0.797. The van der Waals surface area contributed by atoms with Gasteiger partial charge in [0, 0.05) is 32.8 Å². The van der Waals surface area contributed by atoms with E-state index in [1.807, 2.05) is 0 Å². The zero-order chi connectivity index (χ0) is 14.2. The lowest BCUT2D eigenvalue weighted by Gasteiger charge is -2.67. The van der Waals surface area contributed by atoms with Gasteiger partial charge in [0.2, 0.25) is 0 Å². The topological polar surface area (TPSA) is 15.7 Å². The molecule has 0 radical (unpaired) electrons. The third-order valence-electron chi connectivity index (χ3n) is 6.10. The van der Waals surface area contributed by atoms with Gasteiger partial charge >= 0.3 is 0 Å². The Balaban J connectivity index is 1.59. The first-order valence-electron chi connectivity index (χ1n) is 8.40. The molecule has 5 fully saturated rings. The second kappa shape index (κ2) is 3.99. The molecule has 1 unspecified atom stereocenters. The second-order valence-electron chi connectivity index (χ2n) is 9.38. The summed E-state index contributed by atoms with van der Waals surface area (Å²) in [6, 6.07) is 0. The maximum absolute atomic E-state index is 5.94. The lowest BCUT2D eigenvalue weighted by Crippen LogP contribution is -2.75. The third kappa shape index (κ3) is 2.05. The van der Waals surface area contributed by atoms with Crippen LogP contribution in [-0.4, -0.2) is 54.4 Å². The molecular formula is C17H30N2O. The van der Waals surface area contributed by atoms with Crippen LogP contribution in [0.4, 0.5) is 0 Å². The highest BCUT2D eigenvalue weighted by Gasteiger charge is 2.57. The smallest absolute Gasteiger partial charge is 0.0654 e. The molecule has 0 saturated carbocycles. The molecule has 0 aromatic carbocycles. The van der Waals surface area contributed by atoms with E-state index in [4.69, 9.17) is 4.74 Å². The molecule has 20 heavy (non-hydrogen) atoms.